The van der Waals surface area contributed by atoms with E-state index >= 15 is 0 Å². The lowest BCUT2D eigenvalue weighted by Crippen LogP contribution is -2.03. The molecule has 2 aromatic rings. The minimum absolute atomic E-state index is 0.269. The minimum atomic E-state index is 0.269. The average Bonchev–Trinajstić information content (AvgIpc) is 2.65. The molecule has 0 aliphatic heterocycles. The lowest BCUT2D eigenvalue weighted by molar-refractivity contribution is 0.414. The van der Waals surface area contributed by atoms with Crippen LogP contribution < -0.4 is 10.5 Å². The Morgan fingerprint density at radius 2 is 2.22 bits per heavy atom. The summed E-state index contributed by atoms with van der Waals surface area (Å²) >= 11 is 6.11. The molecule has 0 fully saturated rings. The number of hydrogen-bond donors (Lipinski definition) is 1. The molecule has 5 nitrogen and oxygen atoms in total. The third-order valence-electron chi connectivity index (χ3n) is 2.59. The normalized spacial score (nSPS) is 10.1. The second-order valence-electron chi connectivity index (χ2n) is 3.69. The second-order valence-corrected chi connectivity index (χ2v) is 4.09. The molecule has 0 atom stereocenters. The molecule has 2 rings (SSSR count). The monoisotopic (exact) mass is 262 g/mol. The standard InChI is InChI=1S/C12H11ClN4O/c1-7-9(6-14)12(15)17(16-7)11-5-8(18-2)3-4-10(11)13/h3-5H,15H2,1-2H3. The maximum atomic E-state index is 8.99. The first-order valence-corrected chi connectivity index (χ1v) is 5.55. The van der Waals surface area contributed by atoms with E-state index in [1.165, 1.54) is 4.68 Å². The molecule has 92 valence electrons. The number of nitrogens with zero attached hydrogens (tertiary/aromatic N) is 3. The summed E-state index contributed by atoms with van der Waals surface area (Å²) in [6.45, 7) is 1.72. The van der Waals surface area contributed by atoms with E-state index in [1.54, 1.807) is 32.2 Å². The van der Waals surface area contributed by atoms with Crippen molar-refractivity contribution >= 4 is 17.4 Å². The van der Waals surface area contributed by atoms with E-state index in [9.17, 15) is 0 Å². The number of halogens is 1. The van der Waals surface area contributed by atoms with Crippen molar-refractivity contribution in [3.8, 4) is 17.5 Å². The maximum absolute atomic E-state index is 8.99. The zero-order chi connectivity index (χ0) is 13.3. The molecular formula is C12H11ClN4O. The number of ether oxygens (including phenoxy) is 1. The largest absolute Gasteiger partial charge is 0.497 e. The second kappa shape index (κ2) is 4.59. The van der Waals surface area contributed by atoms with Crippen LogP contribution in [0.1, 0.15) is 11.3 Å². The summed E-state index contributed by atoms with van der Waals surface area (Å²) in [5, 5.41) is 13.7. The van der Waals surface area contributed by atoms with Crippen molar-refractivity contribution in [2.24, 2.45) is 0 Å². The molecule has 18 heavy (non-hydrogen) atoms. The lowest BCUT2D eigenvalue weighted by atomic mass is 10.2. The van der Waals surface area contributed by atoms with Crippen molar-refractivity contribution in [1.82, 2.24) is 9.78 Å². The Balaban J connectivity index is 2.66. The van der Waals surface area contributed by atoms with Crippen LogP contribution in [0.25, 0.3) is 5.69 Å². The van der Waals surface area contributed by atoms with Gasteiger partial charge < -0.3 is 10.5 Å². The number of methoxy groups -OCH3 is 1. The summed E-state index contributed by atoms with van der Waals surface area (Å²) in [6.07, 6.45) is 0. The SMILES string of the molecule is COc1ccc(Cl)c(-n2nc(C)c(C#N)c2N)c1. The van der Waals surface area contributed by atoms with Gasteiger partial charge in [-0.3, -0.25) is 0 Å². The van der Waals surface area contributed by atoms with E-state index in [0.717, 1.165) is 0 Å². The Kier molecular flexibility index (Phi) is 3.13. The van der Waals surface area contributed by atoms with Crippen LogP contribution in [0, 0.1) is 18.3 Å². The zero-order valence-electron chi connectivity index (χ0n) is 9.94. The van der Waals surface area contributed by atoms with Gasteiger partial charge in [0.1, 0.15) is 23.2 Å². The fourth-order valence-electron chi connectivity index (χ4n) is 1.65. The van der Waals surface area contributed by atoms with Crippen molar-refractivity contribution in [1.29, 1.82) is 5.26 Å². The molecule has 0 unspecified atom stereocenters. The number of nitrogen functional groups attached to an aromatic ring is 1. The van der Waals surface area contributed by atoms with Gasteiger partial charge in [0.2, 0.25) is 0 Å². The van der Waals surface area contributed by atoms with Crippen molar-refractivity contribution < 1.29 is 4.74 Å². The Bertz CT molecular complexity index is 642. The molecule has 1 aromatic carbocycles. The molecule has 0 bridgehead atoms. The van der Waals surface area contributed by atoms with Gasteiger partial charge in [-0.15, -0.1) is 0 Å². The van der Waals surface area contributed by atoms with Crippen LogP contribution in [0.4, 0.5) is 5.82 Å². The highest BCUT2D eigenvalue weighted by Crippen LogP contribution is 2.28. The Labute approximate surface area is 109 Å². The van der Waals surface area contributed by atoms with E-state index in [4.69, 9.17) is 27.3 Å². The summed E-state index contributed by atoms with van der Waals surface area (Å²) < 4.78 is 6.57. The fraction of sp³-hybridized carbons (Fsp3) is 0.167. The number of hydrogen-bond acceptors (Lipinski definition) is 4. The summed E-state index contributed by atoms with van der Waals surface area (Å²) in [4.78, 5) is 0. The third-order valence-corrected chi connectivity index (χ3v) is 2.91. The van der Waals surface area contributed by atoms with Crippen LogP contribution in [-0.4, -0.2) is 16.9 Å². The highest BCUT2D eigenvalue weighted by atomic mass is 35.5. The van der Waals surface area contributed by atoms with Crippen LogP contribution in [0.3, 0.4) is 0 Å². The van der Waals surface area contributed by atoms with Gasteiger partial charge in [-0.2, -0.15) is 10.4 Å². The topological polar surface area (TPSA) is 76.9 Å². The van der Waals surface area contributed by atoms with Gasteiger partial charge in [0.25, 0.3) is 0 Å². The van der Waals surface area contributed by atoms with Gasteiger partial charge in [0, 0.05) is 6.07 Å². The molecule has 1 heterocycles. The van der Waals surface area contributed by atoms with Gasteiger partial charge in [-0.1, -0.05) is 11.6 Å². The van der Waals surface area contributed by atoms with Crippen LogP contribution in [0.5, 0.6) is 5.75 Å². The van der Waals surface area contributed by atoms with Crippen molar-refractivity contribution in [3.63, 3.8) is 0 Å². The third kappa shape index (κ3) is 1.87. The van der Waals surface area contributed by atoms with Crippen molar-refractivity contribution in [2.75, 3.05) is 12.8 Å². The van der Waals surface area contributed by atoms with Crippen LogP contribution in [0.2, 0.25) is 5.02 Å². The number of aromatic nitrogens is 2. The molecule has 2 N–H and O–H groups in total. The smallest absolute Gasteiger partial charge is 0.145 e. The molecular weight excluding hydrogens is 252 g/mol. The Morgan fingerprint density at radius 3 is 2.78 bits per heavy atom. The number of nitriles is 1. The van der Waals surface area contributed by atoms with Crippen molar-refractivity contribution in [3.05, 3.63) is 34.5 Å². The van der Waals surface area contributed by atoms with Gasteiger partial charge in [-0.25, -0.2) is 4.68 Å². The minimum Gasteiger partial charge on any atom is -0.497 e. The molecule has 0 aliphatic rings. The molecule has 0 saturated carbocycles. The van der Waals surface area contributed by atoms with Gasteiger partial charge in [-0.05, 0) is 19.1 Å². The van der Waals surface area contributed by atoms with E-state index in [2.05, 4.69) is 5.10 Å². The summed E-state index contributed by atoms with van der Waals surface area (Å²) in [7, 11) is 1.56. The van der Waals surface area contributed by atoms with E-state index in [1.807, 2.05) is 6.07 Å². The molecule has 1 aromatic heterocycles. The summed E-state index contributed by atoms with van der Waals surface area (Å²) in [6, 6.07) is 7.17. The fourth-order valence-corrected chi connectivity index (χ4v) is 1.85. The van der Waals surface area contributed by atoms with E-state index in [-0.39, 0.29) is 5.82 Å². The van der Waals surface area contributed by atoms with Crippen LogP contribution >= 0.6 is 11.6 Å². The predicted octanol–water partition coefficient (Wildman–Crippen LogP) is 2.30. The predicted molar refractivity (Wildman–Crippen MR) is 69.0 cm³/mol. The van der Waals surface area contributed by atoms with Crippen LogP contribution in [-0.2, 0) is 0 Å². The number of rotatable bonds is 2. The first kappa shape index (κ1) is 12.3. The molecule has 0 radical (unpaired) electrons. The quantitative estimate of drug-likeness (QED) is 0.901. The molecule has 0 spiro atoms. The maximum Gasteiger partial charge on any atom is 0.145 e. The van der Waals surface area contributed by atoms with E-state index in [0.29, 0.717) is 27.7 Å². The summed E-state index contributed by atoms with van der Waals surface area (Å²) in [5.41, 5.74) is 7.39. The van der Waals surface area contributed by atoms with Gasteiger partial charge in [0.15, 0.2) is 0 Å². The molecule has 0 aliphatic carbocycles. The zero-order valence-corrected chi connectivity index (χ0v) is 10.7. The lowest BCUT2D eigenvalue weighted by Gasteiger charge is -2.08. The molecule has 0 saturated heterocycles. The number of nitrogens with two attached hydrogens (primary N) is 1. The highest BCUT2D eigenvalue weighted by Gasteiger charge is 2.15. The number of aryl methyl sites for hydroxylation is 1. The number of anilines is 1. The Morgan fingerprint density at radius 1 is 1.50 bits per heavy atom. The van der Waals surface area contributed by atoms with Gasteiger partial charge >= 0.3 is 0 Å². The summed E-state index contributed by atoms with van der Waals surface area (Å²) in [5.74, 6) is 0.908. The molecule has 0 amide bonds. The first-order chi connectivity index (χ1) is 8.58. The average molecular weight is 263 g/mol. The Hall–Kier alpha value is -2.19. The number of benzene rings is 1. The van der Waals surface area contributed by atoms with Gasteiger partial charge in [0.05, 0.1) is 23.5 Å². The van der Waals surface area contributed by atoms with Crippen LogP contribution in [0.15, 0.2) is 18.2 Å². The van der Waals surface area contributed by atoms with E-state index < -0.39 is 0 Å². The highest BCUT2D eigenvalue weighted by molar-refractivity contribution is 6.32. The first-order valence-electron chi connectivity index (χ1n) is 5.17. The molecule has 6 heteroatoms. The van der Waals surface area contributed by atoms with Crippen molar-refractivity contribution in [2.45, 2.75) is 6.92 Å².